The highest BCUT2D eigenvalue weighted by atomic mass is 35.5. The van der Waals surface area contributed by atoms with Crippen LogP contribution in [0.25, 0.3) is 0 Å². The number of carbonyl (C=O) groups excluding carboxylic acids is 1. The van der Waals surface area contributed by atoms with Gasteiger partial charge >= 0.3 is 7.60 Å². The second-order valence-electron chi connectivity index (χ2n) is 2.21. The van der Waals surface area contributed by atoms with Crippen molar-refractivity contribution in [3.63, 3.8) is 0 Å². The second-order valence-corrected chi connectivity index (χ2v) is 5.26. The third-order valence-corrected chi connectivity index (χ3v) is 4.28. The van der Waals surface area contributed by atoms with E-state index < -0.39 is 12.7 Å². The van der Waals surface area contributed by atoms with Crippen LogP contribution in [0.5, 0.6) is 0 Å². The van der Waals surface area contributed by atoms with Gasteiger partial charge in [0.25, 0.3) is 0 Å². The first-order chi connectivity index (χ1) is 6.10. The Kier molecular flexibility index (Phi) is 6.60. The van der Waals surface area contributed by atoms with E-state index in [0.29, 0.717) is 6.29 Å². The molecule has 0 aliphatic rings. The Morgan fingerprint density at radius 1 is 1.38 bits per heavy atom. The molecule has 1 unspecified atom stereocenters. The summed E-state index contributed by atoms with van der Waals surface area (Å²) in [6.45, 7) is 3.88. The quantitative estimate of drug-likeness (QED) is 0.381. The van der Waals surface area contributed by atoms with Gasteiger partial charge in [0.05, 0.1) is 13.2 Å². The van der Waals surface area contributed by atoms with E-state index in [4.69, 9.17) is 20.6 Å². The summed E-state index contributed by atoms with van der Waals surface area (Å²) in [5.41, 5.74) is 0. The zero-order valence-corrected chi connectivity index (χ0v) is 9.38. The van der Waals surface area contributed by atoms with Crippen molar-refractivity contribution in [2.75, 3.05) is 13.2 Å². The number of rotatable bonds is 7. The number of aldehydes is 1. The maximum absolute atomic E-state index is 11.8. The lowest BCUT2D eigenvalue weighted by molar-refractivity contribution is -0.107. The van der Waals surface area contributed by atoms with Gasteiger partial charge in [0, 0.05) is 6.42 Å². The monoisotopic (exact) mass is 228 g/mol. The Balaban J connectivity index is 4.36. The van der Waals surface area contributed by atoms with E-state index in [1.165, 1.54) is 0 Å². The van der Waals surface area contributed by atoms with Crippen LogP contribution in [0.1, 0.15) is 20.3 Å². The topological polar surface area (TPSA) is 52.6 Å². The van der Waals surface area contributed by atoms with Gasteiger partial charge in [0.1, 0.15) is 11.4 Å². The smallest absolute Gasteiger partial charge is 0.308 e. The molecular weight excluding hydrogens is 214 g/mol. The predicted octanol–water partition coefficient (Wildman–Crippen LogP) is 2.41. The fourth-order valence-corrected chi connectivity index (χ4v) is 2.64. The zero-order valence-electron chi connectivity index (χ0n) is 7.73. The van der Waals surface area contributed by atoms with Crippen molar-refractivity contribution in [1.82, 2.24) is 0 Å². The molecule has 0 heterocycles. The van der Waals surface area contributed by atoms with E-state index in [2.05, 4.69) is 0 Å². The Bertz CT molecular complexity index is 187. The van der Waals surface area contributed by atoms with E-state index in [0.717, 1.165) is 0 Å². The van der Waals surface area contributed by atoms with E-state index >= 15 is 0 Å². The normalized spacial score (nSPS) is 14.1. The largest absolute Gasteiger partial charge is 0.348 e. The molecule has 0 spiro atoms. The maximum Gasteiger partial charge on any atom is 0.348 e. The maximum atomic E-state index is 11.8. The van der Waals surface area contributed by atoms with Crippen LogP contribution in [0.4, 0.5) is 0 Å². The summed E-state index contributed by atoms with van der Waals surface area (Å²) in [7, 11) is -3.29. The summed E-state index contributed by atoms with van der Waals surface area (Å²) in [4.78, 5) is 10.2. The summed E-state index contributed by atoms with van der Waals surface area (Å²) < 4.78 is 21.6. The van der Waals surface area contributed by atoms with Crippen LogP contribution < -0.4 is 0 Å². The lowest BCUT2D eigenvalue weighted by atomic mass is 10.6. The van der Waals surface area contributed by atoms with Gasteiger partial charge in [-0.3, -0.25) is 4.57 Å². The van der Waals surface area contributed by atoms with Crippen LogP contribution in [0.15, 0.2) is 0 Å². The number of hydrogen-bond donors (Lipinski definition) is 0. The minimum atomic E-state index is -3.29. The van der Waals surface area contributed by atoms with Crippen LogP contribution in [0.2, 0.25) is 0 Å². The molecule has 13 heavy (non-hydrogen) atoms. The first-order valence-electron chi connectivity index (χ1n) is 4.07. The van der Waals surface area contributed by atoms with Gasteiger partial charge in [-0.2, -0.15) is 0 Å². The predicted molar refractivity (Wildman–Crippen MR) is 51.2 cm³/mol. The van der Waals surface area contributed by atoms with Crippen molar-refractivity contribution < 1.29 is 18.4 Å². The summed E-state index contributed by atoms with van der Waals surface area (Å²) in [6, 6.07) is 0. The van der Waals surface area contributed by atoms with Gasteiger partial charge in [-0.25, -0.2) is 0 Å². The van der Waals surface area contributed by atoms with Crippen LogP contribution >= 0.6 is 19.2 Å². The molecule has 0 radical (unpaired) electrons. The lowest BCUT2D eigenvalue weighted by Gasteiger charge is -2.19. The molecule has 0 saturated carbocycles. The zero-order chi connectivity index (χ0) is 10.3. The van der Waals surface area contributed by atoms with Gasteiger partial charge in [-0.05, 0) is 13.8 Å². The molecule has 0 fully saturated rings. The standard InChI is InChI=1S/C7H14ClO4P/c1-3-11-13(10,12-4-2)7(8)5-6-9/h6-7H,3-5H2,1-2H3. The highest BCUT2D eigenvalue weighted by molar-refractivity contribution is 7.56. The highest BCUT2D eigenvalue weighted by Crippen LogP contribution is 2.55. The number of halogens is 1. The average Bonchev–Trinajstić information content (AvgIpc) is 2.05. The number of hydrogen-bond acceptors (Lipinski definition) is 4. The van der Waals surface area contributed by atoms with Crippen molar-refractivity contribution in [2.45, 2.75) is 25.4 Å². The molecule has 0 aliphatic carbocycles. The van der Waals surface area contributed by atoms with Crippen molar-refractivity contribution in [3.05, 3.63) is 0 Å². The van der Waals surface area contributed by atoms with Gasteiger partial charge in [-0.15, -0.1) is 11.6 Å². The Hall–Kier alpha value is 0.110. The van der Waals surface area contributed by atoms with Gasteiger partial charge in [0.2, 0.25) is 0 Å². The SMILES string of the molecule is CCOP(=O)(OCC)C(Cl)CC=O. The molecule has 0 N–H and O–H groups in total. The highest BCUT2D eigenvalue weighted by Gasteiger charge is 2.33. The third kappa shape index (κ3) is 4.23. The van der Waals surface area contributed by atoms with Gasteiger partial charge in [0.15, 0.2) is 0 Å². The van der Waals surface area contributed by atoms with Crippen molar-refractivity contribution in [3.8, 4) is 0 Å². The Labute approximate surface area is 83.1 Å². The van der Waals surface area contributed by atoms with Crippen molar-refractivity contribution in [1.29, 1.82) is 0 Å². The second kappa shape index (κ2) is 6.55. The van der Waals surface area contributed by atoms with Gasteiger partial charge in [-0.1, -0.05) is 0 Å². The molecule has 4 nitrogen and oxygen atoms in total. The molecule has 0 bridgehead atoms. The number of alkyl halides is 1. The van der Waals surface area contributed by atoms with Crippen molar-refractivity contribution in [2.24, 2.45) is 0 Å². The summed E-state index contributed by atoms with van der Waals surface area (Å²) in [5, 5.41) is -0.884. The average molecular weight is 229 g/mol. The lowest BCUT2D eigenvalue weighted by Crippen LogP contribution is -2.07. The van der Waals surface area contributed by atoms with Crippen molar-refractivity contribution >= 4 is 25.5 Å². The molecule has 0 amide bonds. The molecule has 0 aromatic carbocycles. The van der Waals surface area contributed by atoms with E-state index in [9.17, 15) is 9.36 Å². The van der Waals surface area contributed by atoms with Crippen LogP contribution in [-0.2, 0) is 18.4 Å². The molecule has 0 rings (SSSR count). The first-order valence-corrected chi connectivity index (χ1v) is 6.12. The minimum Gasteiger partial charge on any atom is -0.308 e. The fraction of sp³-hybridized carbons (Fsp3) is 0.857. The molecule has 78 valence electrons. The molecule has 0 aromatic rings. The molecular formula is C7H14ClO4P. The summed E-state index contributed by atoms with van der Waals surface area (Å²) in [6.07, 6.45) is 0.571. The molecule has 0 aromatic heterocycles. The van der Waals surface area contributed by atoms with Crippen LogP contribution in [0, 0.1) is 0 Å². The molecule has 1 atom stereocenters. The third-order valence-electron chi connectivity index (χ3n) is 1.25. The first kappa shape index (κ1) is 13.1. The summed E-state index contributed by atoms with van der Waals surface area (Å²) >= 11 is 5.70. The Morgan fingerprint density at radius 2 is 1.85 bits per heavy atom. The Morgan fingerprint density at radius 3 is 2.15 bits per heavy atom. The summed E-state index contributed by atoms with van der Waals surface area (Å²) in [5.74, 6) is 0. The molecule has 0 aliphatic heterocycles. The minimum absolute atomic E-state index is 0.0289. The molecule has 6 heteroatoms. The van der Waals surface area contributed by atoms with E-state index in [1.807, 2.05) is 0 Å². The van der Waals surface area contributed by atoms with E-state index in [-0.39, 0.29) is 19.6 Å². The number of carbonyl (C=O) groups is 1. The molecule has 0 saturated heterocycles. The van der Waals surface area contributed by atoms with E-state index in [1.54, 1.807) is 13.8 Å². The van der Waals surface area contributed by atoms with Crippen LogP contribution in [0.3, 0.4) is 0 Å². The fourth-order valence-electron chi connectivity index (χ4n) is 0.767. The van der Waals surface area contributed by atoms with Crippen LogP contribution in [-0.4, -0.2) is 24.6 Å². The van der Waals surface area contributed by atoms with Gasteiger partial charge < -0.3 is 13.8 Å².